The highest BCUT2D eigenvalue weighted by molar-refractivity contribution is 5.73. The molecule has 0 N–H and O–H groups in total. The highest BCUT2D eigenvalue weighted by atomic mass is 16.5. The zero-order valence-corrected chi connectivity index (χ0v) is 42.4. The van der Waals surface area contributed by atoms with E-state index in [1.54, 1.807) is 0 Å². The Bertz CT molecular complexity index is 1130. The van der Waals surface area contributed by atoms with E-state index in [2.05, 4.69) is 44.9 Å². The van der Waals surface area contributed by atoms with Crippen molar-refractivity contribution in [1.82, 2.24) is 4.90 Å². The number of carbonyl (C=O) groups excluding carboxylic acids is 2. The summed E-state index contributed by atoms with van der Waals surface area (Å²) < 4.78 is 12.7. The number of esters is 2. The van der Waals surface area contributed by atoms with Crippen LogP contribution >= 0.6 is 0 Å². The molecule has 3 saturated carbocycles. The van der Waals surface area contributed by atoms with Gasteiger partial charge in [-0.15, -0.1) is 0 Å². The fraction of sp³-hybridized carbons (Fsp3) is 0.931. The average molecular weight is 880 g/mol. The second kappa shape index (κ2) is 34.0. The van der Waals surface area contributed by atoms with E-state index < -0.39 is 0 Å². The molecule has 0 aromatic heterocycles. The van der Waals surface area contributed by atoms with Crippen molar-refractivity contribution < 1.29 is 19.1 Å². The van der Waals surface area contributed by atoms with Crippen molar-refractivity contribution >= 4 is 11.9 Å². The maximum Gasteiger partial charge on any atom is 0.309 e. The molecule has 0 radical (unpaired) electrons. The Kier molecular flexibility index (Phi) is 29.3. The summed E-state index contributed by atoms with van der Waals surface area (Å²) in [5, 5.41) is 0. The number of unbranched alkanes of at least 4 members (excludes halogenated alkanes) is 20. The lowest BCUT2D eigenvalue weighted by atomic mass is 9.88. The van der Waals surface area contributed by atoms with Crippen LogP contribution in [0.3, 0.4) is 0 Å². The summed E-state index contributed by atoms with van der Waals surface area (Å²) >= 11 is 0. The molecule has 5 heteroatoms. The zero-order valence-electron chi connectivity index (χ0n) is 42.4. The molecular weight excluding hydrogens is 775 g/mol. The number of piperidine rings is 1. The smallest absolute Gasteiger partial charge is 0.309 e. The third-order valence-corrected chi connectivity index (χ3v) is 16.5. The van der Waals surface area contributed by atoms with Gasteiger partial charge in [0, 0.05) is 12.3 Å². The van der Waals surface area contributed by atoms with E-state index in [4.69, 9.17) is 9.47 Å². The highest BCUT2D eigenvalue weighted by Crippen LogP contribution is 2.47. The quantitative estimate of drug-likeness (QED) is 0.0349. The molecule has 63 heavy (non-hydrogen) atoms. The van der Waals surface area contributed by atoms with Crippen molar-refractivity contribution in [1.29, 1.82) is 0 Å². The standard InChI is InChI=1S/C58H105NO4/c1-5-8-11-13-19-26-32-49-45-51(49)34-28-21-15-17-23-30-36-54(37-31-24-18-16-22-29-35-52-46-50(52)33-27-20-14-12-9-6-2)62-57(60)47-53-39-40-56(55(53)38-25-10-7-3)63-58(61)48-41-43-59(4)44-42-48/h10,25,48-56H,5-9,11-24,26-47H2,1-4H3/b25-10-. The number of hydrogen-bond donors (Lipinski definition) is 0. The molecule has 0 bridgehead atoms. The van der Waals surface area contributed by atoms with E-state index in [0.29, 0.717) is 6.42 Å². The molecule has 0 spiro atoms. The first-order valence-corrected chi connectivity index (χ1v) is 28.6. The number of rotatable bonds is 40. The maximum atomic E-state index is 13.7. The lowest BCUT2D eigenvalue weighted by molar-refractivity contribution is -0.158. The van der Waals surface area contributed by atoms with Crippen molar-refractivity contribution in [3.8, 4) is 0 Å². The largest absolute Gasteiger partial charge is 0.462 e. The van der Waals surface area contributed by atoms with Crippen LogP contribution < -0.4 is 0 Å². The molecule has 0 aromatic rings. The maximum absolute atomic E-state index is 13.7. The lowest BCUT2D eigenvalue weighted by Crippen LogP contribution is -2.36. The number of nitrogens with zero attached hydrogens (tertiary/aromatic N) is 1. The highest BCUT2D eigenvalue weighted by Gasteiger charge is 2.41. The first-order valence-electron chi connectivity index (χ1n) is 28.6. The summed E-state index contributed by atoms with van der Waals surface area (Å²) in [6, 6.07) is 0. The zero-order chi connectivity index (χ0) is 44.7. The fourth-order valence-electron chi connectivity index (χ4n) is 11.9. The molecule has 1 aliphatic heterocycles. The Morgan fingerprint density at radius 1 is 0.540 bits per heavy atom. The Balaban J connectivity index is 1.13. The number of carbonyl (C=O) groups is 2. The molecular formula is C58H105NO4. The fourth-order valence-corrected chi connectivity index (χ4v) is 11.9. The Morgan fingerprint density at radius 3 is 1.44 bits per heavy atom. The molecule has 7 atom stereocenters. The molecule has 0 amide bonds. The molecule has 4 rings (SSSR count). The van der Waals surface area contributed by atoms with Crippen LogP contribution in [-0.4, -0.2) is 49.2 Å². The van der Waals surface area contributed by atoms with Gasteiger partial charge in [0.05, 0.1) is 5.92 Å². The van der Waals surface area contributed by atoms with Crippen LogP contribution in [0.1, 0.15) is 271 Å². The molecule has 4 fully saturated rings. The van der Waals surface area contributed by atoms with Gasteiger partial charge < -0.3 is 14.4 Å². The van der Waals surface area contributed by atoms with Crippen molar-refractivity contribution in [2.45, 2.75) is 283 Å². The van der Waals surface area contributed by atoms with E-state index in [0.717, 1.165) is 88.1 Å². The number of ether oxygens (including phenoxy) is 2. The molecule has 3 aliphatic carbocycles. The van der Waals surface area contributed by atoms with Crippen LogP contribution in [0.2, 0.25) is 0 Å². The number of hydrogen-bond acceptors (Lipinski definition) is 5. The number of allylic oxidation sites excluding steroid dienone is 2. The SMILES string of the molecule is CC/C=C\CC1C(CC(=O)OC(CCCCCCCCC2CC2CCCCCCCC)CCCCCCCCC2CC2CCCCCCCC)CCC1OC(=O)C1CCN(C)CC1. The summed E-state index contributed by atoms with van der Waals surface area (Å²) in [5.41, 5.74) is 0. The van der Waals surface area contributed by atoms with Gasteiger partial charge in [-0.25, -0.2) is 0 Å². The predicted molar refractivity (Wildman–Crippen MR) is 268 cm³/mol. The summed E-state index contributed by atoms with van der Waals surface area (Å²) in [6.45, 7) is 8.71. The summed E-state index contributed by atoms with van der Waals surface area (Å²) in [5.74, 6) is 4.62. The van der Waals surface area contributed by atoms with Gasteiger partial charge in [0.2, 0.25) is 0 Å². The summed E-state index contributed by atoms with van der Waals surface area (Å²) in [6.07, 6.45) is 54.4. The molecule has 1 saturated heterocycles. The minimum Gasteiger partial charge on any atom is -0.462 e. The first-order chi connectivity index (χ1) is 30.9. The topological polar surface area (TPSA) is 55.8 Å². The van der Waals surface area contributed by atoms with Crippen LogP contribution in [0.4, 0.5) is 0 Å². The molecule has 5 nitrogen and oxygen atoms in total. The van der Waals surface area contributed by atoms with E-state index in [-0.39, 0.29) is 41.9 Å². The normalized spacial score (nSPS) is 25.5. The molecule has 7 unspecified atom stereocenters. The van der Waals surface area contributed by atoms with Gasteiger partial charge in [-0.2, -0.15) is 0 Å². The molecule has 366 valence electrons. The minimum absolute atomic E-state index is 0.00780. The monoisotopic (exact) mass is 880 g/mol. The van der Waals surface area contributed by atoms with Crippen molar-refractivity contribution in [3.05, 3.63) is 12.2 Å². The van der Waals surface area contributed by atoms with Gasteiger partial charge in [-0.05, 0) is 127 Å². The van der Waals surface area contributed by atoms with Gasteiger partial charge in [0.15, 0.2) is 0 Å². The van der Waals surface area contributed by atoms with Crippen LogP contribution in [0.15, 0.2) is 12.2 Å². The van der Waals surface area contributed by atoms with Gasteiger partial charge in [0.1, 0.15) is 12.2 Å². The second-order valence-electron chi connectivity index (χ2n) is 22.0. The lowest BCUT2D eigenvalue weighted by Gasteiger charge is -2.30. The van der Waals surface area contributed by atoms with Crippen LogP contribution in [0.5, 0.6) is 0 Å². The molecule has 4 aliphatic rings. The third kappa shape index (κ3) is 24.3. The van der Waals surface area contributed by atoms with Crippen molar-refractivity contribution in [3.63, 3.8) is 0 Å². The van der Waals surface area contributed by atoms with E-state index >= 15 is 0 Å². The van der Waals surface area contributed by atoms with Crippen LogP contribution in [0.25, 0.3) is 0 Å². The van der Waals surface area contributed by atoms with Gasteiger partial charge in [0.25, 0.3) is 0 Å². The Labute approximate surface area is 391 Å². The van der Waals surface area contributed by atoms with Crippen molar-refractivity contribution in [2.24, 2.45) is 41.4 Å². The second-order valence-corrected chi connectivity index (χ2v) is 22.0. The van der Waals surface area contributed by atoms with E-state index in [9.17, 15) is 9.59 Å². The minimum atomic E-state index is -0.0844. The van der Waals surface area contributed by atoms with Crippen LogP contribution in [-0.2, 0) is 19.1 Å². The van der Waals surface area contributed by atoms with E-state index in [1.807, 2.05) is 0 Å². The van der Waals surface area contributed by atoms with Crippen LogP contribution in [0, 0.1) is 41.4 Å². The molecule has 1 heterocycles. The number of likely N-dealkylation sites (tertiary alicyclic amines) is 1. The average Bonchev–Trinajstić information content (AvgIpc) is 4.19. The van der Waals surface area contributed by atoms with Crippen molar-refractivity contribution in [2.75, 3.05) is 20.1 Å². The van der Waals surface area contributed by atoms with Gasteiger partial charge in [-0.1, -0.05) is 200 Å². The summed E-state index contributed by atoms with van der Waals surface area (Å²) in [4.78, 5) is 29.3. The Hall–Kier alpha value is -1.36. The first kappa shape index (κ1) is 54.2. The third-order valence-electron chi connectivity index (χ3n) is 16.5. The Morgan fingerprint density at radius 2 is 0.984 bits per heavy atom. The predicted octanol–water partition coefficient (Wildman–Crippen LogP) is 16.9. The van der Waals surface area contributed by atoms with Gasteiger partial charge in [-0.3, -0.25) is 9.59 Å². The van der Waals surface area contributed by atoms with E-state index in [1.165, 1.54) is 193 Å². The molecule has 0 aromatic carbocycles. The van der Waals surface area contributed by atoms with Gasteiger partial charge >= 0.3 is 11.9 Å². The summed E-state index contributed by atoms with van der Waals surface area (Å²) in [7, 11) is 2.13.